The topological polar surface area (TPSA) is 64.1 Å². The van der Waals surface area contributed by atoms with Crippen LogP contribution in [-0.4, -0.2) is 4.98 Å². The van der Waals surface area contributed by atoms with Crippen molar-refractivity contribution in [2.45, 2.75) is 32.0 Å². The second-order valence-corrected chi connectivity index (χ2v) is 4.77. The fourth-order valence-corrected chi connectivity index (χ4v) is 2.56. The first-order valence-electron chi connectivity index (χ1n) is 6.23. The molecule has 0 bridgehead atoms. The minimum Gasteiger partial charge on any atom is -0.445 e. The minimum absolute atomic E-state index is 0.130. The molecule has 4 heteroatoms. The summed E-state index contributed by atoms with van der Waals surface area (Å²) in [4.78, 5) is 4.19. The first-order valence-corrected chi connectivity index (χ1v) is 6.23. The van der Waals surface area contributed by atoms with Crippen molar-refractivity contribution in [1.82, 2.24) is 10.3 Å². The number of nitrogens with zero attached hydrogens (tertiary/aromatic N) is 1. The van der Waals surface area contributed by atoms with Gasteiger partial charge in [-0.25, -0.2) is 4.98 Å². The summed E-state index contributed by atoms with van der Waals surface area (Å²) in [5.74, 6) is 1.57. The van der Waals surface area contributed by atoms with Crippen LogP contribution < -0.4 is 11.1 Å². The third-order valence-electron chi connectivity index (χ3n) is 3.43. The molecule has 3 rings (SSSR count). The van der Waals surface area contributed by atoms with Crippen molar-refractivity contribution in [2.75, 3.05) is 0 Å². The summed E-state index contributed by atoms with van der Waals surface area (Å²) in [5.41, 5.74) is 8.68. The Morgan fingerprint density at radius 2 is 2.17 bits per heavy atom. The standard InChI is InChI=1S/C14H17N3O/c1-9-7-17-14(18-9)8-16-13-6-12(15)10-4-2-3-5-11(10)13/h2-5,7,12-13,16H,6,8,15H2,1H3. The number of benzene rings is 1. The first kappa shape index (κ1) is 11.4. The van der Waals surface area contributed by atoms with Crippen molar-refractivity contribution in [2.24, 2.45) is 5.73 Å². The molecule has 4 nitrogen and oxygen atoms in total. The highest BCUT2D eigenvalue weighted by Gasteiger charge is 2.27. The molecule has 0 saturated heterocycles. The number of aryl methyl sites for hydroxylation is 1. The average Bonchev–Trinajstić information content (AvgIpc) is 2.92. The van der Waals surface area contributed by atoms with Crippen molar-refractivity contribution < 1.29 is 4.42 Å². The van der Waals surface area contributed by atoms with Gasteiger partial charge in [0.05, 0.1) is 12.7 Å². The highest BCUT2D eigenvalue weighted by Crippen LogP contribution is 2.36. The second-order valence-electron chi connectivity index (χ2n) is 4.77. The fraction of sp³-hybridized carbons (Fsp3) is 0.357. The van der Waals surface area contributed by atoms with E-state index in [4.69, 9.17) is 10.2 Å². The molecule has 0 fully saturated rings. The van der Waals surface area contributed by atoms with Gasteiger partial charge in [-0.2, -0.15) is 0 Å². The van der Waals surface area contributed by atoms with Gasteiger partial charge in [0.2, 0.25) is 5.89 Å². The van der Waals surface area contributed by atoms with Crippen LogP contribution in [0.3, 0.4) is 0 Å². The Labute approximate surface area is 106 Å². The van der Waals surface area contributed by atoms with E-state index in [0.29, 0.717) is 12.6 Å². The van der Waals surface area contributed by atoms with E-state index in [1.165, 1.54) is 11.1 Å². The van der Waals surface area contributed by atoms with Gasteiger partial charge in [-0.05, 0) is 24.5 Å². The monoisotopic (exact) mass is 243 g/mol. The van der Waals surface area contributed by atoms with Crippen LogP contribution in [0.5, 0.6) is 0 Å². The first-order chi connectivity index (χ1) is 8.74. The zero-order valence-corrected chi connectivity index (χ0v) is 10.4. The quantitative estimate of drug-likeness (QED) is 0.867. The number of nitrogens with one attached hydrogen (secondary N) is 1. The minimum atomic E-state index is 0.130. The van der Waals surface area contributed by atoms with Crippen LogP contribution >= 0.6 is 0 Å². The summed E-state index contributed by atoms with van der Waals surface area (Å²) in [6.07, 6.45) is 2.67. The number of oxazole rings is 1. The van der Waals surface area contributed by atoms with Gasteiger partial charge in [-0.15, -0.1) is 0 Å². The molecule has 3 N–H and O–H groups in total. The number of aromatic nitrogens is 1. The van der Waals surface area contributed by atoms with Crippen LogP contribution in [-0.2, 0) is 6.54 Å². The molecule has 1 aliphatic carbocycles. The van der Waals surface area contributed by atoms with Gasteiger partial charge in [0.1, 0.15) is 5.76 Å². The van der Waals surface area contributed by atoms with Crippen molar-refractivity contribution >= 4 is 0 Å². The van der Waals surface area contributed by atoms with Crippen LogP contribution in [0, 0.1) is 6.92 Å². The lowest BCUT2D eigenvalue weighted by Crippen LogP contribution is -2.19. The molecule has 94 valence electrons. The number of hydrogen-bond donors (Lipinski definition) is 2. The summed E-state index contributed by atoms with van der Waals surface area (Å²) in [6.45, 7) is 2.54. The molecule has 0 aliphatic heterocycles. The highest BCUT2D eigenvalue weighted by molar-refractivity contribution is 5.37. The maximum atomic E-state index is 6.13. The van der Waals surface area contributed by atoms with E-state index in [2.05, 4.69) is 28.5 Å². The summed E-state index contributed by atoms with van der Waals surface area (Å²) in [5, 5.41) is 3.46. The van der Waals surface area contributed by atoms with E-state index in [9.17, 15) is 0 Å². The maximum Gasteiger partial charge on any atom is 0.208 e. The van der Waals surface area contributed by atoms with Gasteiger partial charge >= 0.3 is 0 Å². The zero-order chi connectivity index (χ0) is 12.5. The number of rotatable bonds is 3. The second kappa shape index (κ2) is 4.55. The lowest BCUT2D eigenvalue weighted by molar-refractivity contribution is 0.416. The lowest BCUT2D eigenvalue weighted by atomic mass is 10.1. The third-order valence-corrected chi connectivity index (χ3v) is 3.43. The normalized spacial score (nSPS) is 22.1. The Morgan fingerprint density at radius 1 is 1.39 bits per heavy atom. The van der Waals surface area contributed by atoms with Gasteiger partial charge in [-0.3, -0.25) is 0 Å². The Morgan fingerprint density at radius 3 is 2.89 bits per heavy atom. The van der Waals surface area contributed by atoms with Crippen LogP contribution in [0.1, 0.15) is 41.3 Å². The van der Waals surface area contributed by atoms with Crippen molar-refractivity contribution in [3.8, 4) is 0 Å². The smallest absolute Gasteiger partial charge is 0.208 e. The van der Waals surface area contributed by atoms with Gasteiger partial charge in [0, 0.05) is 12.1 Å². The van der Waals surface area contributed by atoms with E-state index in [1.807, 2.05) is 13.0 Å². The molecule has 18 heavy (non-hydrogen) atoms. The van der Waals surface area contributed by atoms with E-state index >= 15 is 0 Å². The zero-order valence-electron chi connectivity index (χ0n) is 10.4. The van der Waals surface area contributed by atoms with Gasteiger partial charge in [0.25, 0.3) is 0 Å². The predicted octanol–water partition coefficient (Wildman–Crippen LogP) is 2.22. The number of hydrogen-bond acceptors (Lipinski definition) is 4. The number of nitrogens with two attached hydrogens (primary N) is 1. The van der Waals surface area contributed by atoms with E-state index in [-0.39, 0.29) is 6.04 Å². The molecule has 2 aromatic rings. The highest BCUT2D eigenvalue weighted by atomic mass is 16.4. The van der Waals surface area contributed by atoms with Crippen molar-refractivity contribution in [1.29, 1.82) is 0 Å². The van der Waals surface area contributed by atoms with Crippen LogP contribution in [0.15, 0.2) is 34.9 Å². The SMILES string of the molecule is Cc1cnc(CNC2CC(N)c3ccccc32)o1. The Balaban J connectivity index is 1.72. The Bertz CT molecular complexity index is 549. The molecular formula is C14H17N3O. The van der Waals surface area contributed by atoms with Crippen LogP contribution in [0.25, 0.3) is 0 Å². The van der Waals surface area contributed by atoms with Gasteiger partial charge in [0.15, 0.2) is 0 Å². The Kier molecular flexibility index (Phi) is 2.89. The largest absolute Gasteiger partial charge is 0.445 e. The average molecular weight is 243 g/mol. The summed E-state index contributed by atoms with van der Waals surface area (Å²) >= 11 is 0. The van der Waals surface area contributed by atoms with E-state index in [1.54, 1.807) is 6.20 Å². The molecule has 0 saturated carbocycles. The molecule has 2 unspecified atom stereocenters. The Hall–Kier alpha value is -1.65. The maximum absolute atomic E-state index is 6.13. The summed E-state index contributed by atoms with van der Waals surface area (Å²) in [6, 6.07) is 8.77. The molecule has 0 amide bonds. The summed E-state index contributed by atoms with van der Waals surface area (Å²) in [7, 11) is 0. The fourth-order valence-electron chi connectivity index (χ4n) is 2.56. The number of fused-ring (bicyclic) bond motifs is 1. The van der Waals surface area contributed by atoms with Crippen LogP contribution in [0.4, 0.5) is 0 Å². The lowest BCUT2D eigenvalue weighted by Gasteiger charge is -2.12. The third kappa shape index (κ3) is 2.05. The van der Waals surface area contributed by atoms with Crippen LogP contribution in [0.2, 0.25) is 0 Å². The molecule has 2 atom stereocenters. The van der Waals surface area contributed by atoms with E-state index < -0.39 is 0 Å². The predicted molar refractivity (Wildman–Crippen MR) is 68.8 cm³/mol. The van der Waals surface area contributed by atoms with Gasteiger partial charge in [-0.1, -0.05) is 24.3 Å². The van der Waals surface area contributed by atoms with E-state index in [0.717, 1.165) is 18.1 Å². The summed E-state index contributed by atoms with van der Waals surface area (Å²) < 4.78 is 5.45. The molecule has 0 radical (unpaired) electrons. The van der Waals surface area contributed by atoms with Crippen molar-refractivity contribution in [3.63, 3.8) is 0 Å². The molecular weight excluding hydrogens is 226 g/mol. The molecule has 1 aromatic carbocycles. The van der Waals surface area contributed by atoms with Crippen molar-refractivity contribution in [3.05, 3.63) is 53.2 Å². The molecule has 1 aliphatic rings. The molecule has 1 aromatic heterocycles. The molecule has 0 spiro atoms. The van der Waals surface area contributed by atoms with Gasteiger partial charge < -0.3 is 15.5 Å². The molecule has 1 heterocycles.